The summed E-state index contributed by atoms with van der Waals surface area (Å²) in [6, 6.07) is 3.36. The van der Waals surface area contributed by atoms with E-state index in [-0.39, 0.29) is 10.8 Å². The predicted octanol–water partition coefficient (Wildman–Crippen LogP) is -0.706. The summed E-state index contributed by atoms with van der Waals surface area (Å²) in [5.41, 5.74) is 0.910. The second kappa shape index (κ2) is 6.52. The maximum absolute atomic E-state index is 11.4. The second-order valence-electron chi connectivity index (χ2n) is 3.41. The minimum atomic E-state index is -0.702. The number of hydrogen-bond acceptors (Lipinski definition) is 7. The van der Waals surface area contributed by atoms with Gasteiger partial charge in [-0.2, -0.15) is 10.2 Å². The van der Waals surface area contributed by atoms with E-state index in [2.05, 4.69) is 20.7 Å². The van der Waals surface area contributed by atoms with Crippen LogP contribution in [0.5, 0.6) is 0 Å². The van der Waals surface area contributed by atoms with Crippen molar-refractivity contribution in [3.63, 3.8) is 0 Å². The number of nitrogens with one attached hydrogen (secondary N) is 3. The third kappa shape index (κ3) is 3.95. The molecule has 3 N–H and O–H groups in total. The fraction of sp³-hybridized carbons (Fsp3) is 0.100. The Bertz CT molecular complexity index is 718. The fourth-order valence-corrected chi connectivity index (χ4v) is 1.76. The molecule has 2 heterocycles. The third-order valence-electron chi connectivity index (χ3n) is 1.94. The Kier molecular flexibility index (Phi) is 4.50. The molecule has 0 bridgehead atoms. The molecule has 0 aliphatic rings. The number of amides is 1. The summed E-state index contributed by atoms with van der Waals surface area (Å²) in [7, 11) is 0. The van der Waals surface area contributed by atoms with Crippen LogP contribution in [-0.4, -0.2) is 33.1 Å². The second-order valence-corrected chi connectivity index (χ2v) is 4.37. The summed E-state index contributed by atoms with van der Waals surface area (Å²) >= 11 is 0.877. The average Bonchev–Trinajstić information content (AvgIpc) is 2.91. The van der Waals surface area contributed by atoms with Crippen molar-refractivity contribution in [2.75, 3.05) is 5.75 Å². The number of furan rings is 1. The van der Waals surface area contributed by atoms with Gasteiger partial charge in [-0.05, 0) is 12.1 Å². The first kappa shape index (κ1) is 13.8. The molecule has 0 aromatic carbocycles. The molecule has 0 aliphatic carbocycles. The molecule has 0 aliphatic heterocycles. The van der Waals surface area contributed by atoms with Crippen LogP contribution < -0.4 is 16.7 Å². The van der Waals surface area contributed by atoms with Crippen LogP contribution >= 0.6 is 11.8 Å². The average molecular weight is 295 g/mol. The van der Waals surface area contributed by atoms with Crippen molar-refractivity contribution in [1.82, 2.24) is 20.6 Å². The van der Waals surface area contributed by atoms with Gasteiger partial charge in [-0.15, -0.1) is 0 Å². The van der Waals surface area contributed by atoms with E-state index in [1.807, 2.05) is 4.98 Å². The zero-order chi connectivity index (χ0) is 14.4. The first-order chi connectivity index (χ1) is 9.65. The van der Waals surface area contributed by atoms with Crippen LogP contribution in [0.25, 0.3) is 0 Å². The Hall–Kier alpha value is -2.62. The predicted molar refractivity (Wildman–Crippen MR) is 70.6 cm³/mol. The van der Waals surface area contributed by atoms with Gasteiger partial charge in [0.15, 0.2) is 5.03 Å². The largest absolute Gasteiger partial charge is 0.463 e. The Morgan fingerprint density at radius 3 is 3.10 bits per heavy atom. The Morgan fingerprint density at radius 1 is 1.55 bits per heavy atom. The van der Waals surface area contributed by atoms with Crippen molar-refractivity contribution >= 4 is 23.9 Å². The lowest BCUT2D eigenvalue weighted by Gasteiger charge is -1.98. The van der Waals surface area contributed by atoms with E-state index in [1.54, 1.807) is 12.1 Å². The molecule has 1 amide bonds. The minimum absolute atomic E-state index is 0.00485. The van der Waals surface area contributed by atoms with Crippen LogP contribution in [0.2, 0.25) is 0 Å². The van der Waals surface area contributed by atoms with Crippen LogP contribution in [0.1, 0.15) is 5.76 Å². The number of aromatic amines is 2. The lowest BCUT2D eigenvalue weighted by Crippen LogP contribution is -2.26. The molecule has 0 saturated heterocycles. The van der Waals surface area contributed by atoms with Gasteiger partial charge < -0.3 is 4.42 Å². The third-order valence-corrected chi connectivity index (χ3v) is 2.90. The topological polar surface area (TPSA) is 133 Å². The van der Waals surface area contributed by atoms with E-state index in [9.17, 15) is 14.4 Å². The molecule has 0 spiro atoms. The summed E-state index contributed by atoms with van der Waals surface area (Å²) in [5.74, 6) is -0.000599. The van der Waals surface area contributed by atoms with E-state index < -0.39 is 17.2 Å². The molecule has 9 nitrogen and oxygen atoms in total. The van der Waals surface area contributed by atoms with E-state index in [1.165, 1.54) is 12.5 Å². The van der Waals surface area contributed by atoms with E-state index >= 15 is 0 Å². The van der Waals surface area contributed by atoms with E-state index in [0.29, 0.717) is 5.76 Å². The molecule has 20 heavy (non-hydrogen) atoms. The number of aromatic nitrogens is 3. The highest BCUT2D eigenvalue weighted by Crippen LogP contribution is 2.06. The first-order valence-electron chi connectivity index (χ1n) is 5.32. The number of carbonyl (C=O) groups excluding carboxylic acids is 1. The van der Waals surface area contributed by atoms with Crippen LogP contribution in [-0.2, 0) is 4.79 Å². The van der Waals surface area contributed by atoms with Gasteiger partial charge in [-0.25, -0.2) is 15.3 Å². The van der Waals surface area contributed by atoms with Gasteiger partial charge >= 0.3 is 5.69 Å². The van der Waals surface area contributed by atoms with Gasteiger partial charge in [0.05, 0.1) is 18.2 Å². The van der Waals surface area contributed by atoms with Crippen molar-refractivity contribution in [3.05, 3.63) is 45.0 Å². The van der Waals surface area contributed by atoms with Crippen molar-refractivity contribution in [2.24, 2.45) is 5.10 Å². The normalized spacial score (nSPS) is 10.8. The van der Waals surface area contributed by atoms with Gasteiger partial charge in [0.25, 0.3) is 5.56 Å². The SMILES string of the molecule is O=C(CSc1n[nH]c(=O)[nH]c1=O)NN=Cc1ccco1. The number of carbonyl (C=O) groups is 1. The van der Waals surface area contributed by atoms with Crippen molar-refractivity contribution < 1.29 is 9.21 Å². The minimum Gasteiger partial charge on any atom is -0.463 e. The summed E-state index contributed by atoms with van der Waals surface area (Å²) in [5, 5.41) is 9.25. The number of hydrogen-bond donors (Lipinski definition) is 3. The quantitative estimate of drug-likeness (QED) is 0.379. The molecule has 10 heteroatoms. The molecule has 2 aromatic heterocycles. The Balaban J connectivity index is 1.83. The van der Waals surface area contributed by atoms with Crippen molar-refractivity contribution in [1.29, 1.82) is 0 Å². The zero-order valence-corrected chi connectivity index (χ0v) is 10.8. The molecular weight excluding hydrogens is 286 g/mol. The Labute approximate surface area is 115 Å². The van der Waals surface area contributed by atoms with Gasteiger partial charge in [-0.3, -0.25) is 14.6 Å². The van der Waals surface area contributed by atoms with Crippen molar-refractivity contribution in [3.8, 4) is 0 Å². The number of hydrazone groups is 1. The molecular formula is C10H9N5O4S. The van der Waals surface area contributed by atoms with Crippen molar-refractivity contribution in [2.45, 2.75) is 5.03 Å². The number of nitrogens with zero attached hydrogens (tertiary/aromatic N) is 2. The maximum Gasteiger partial charge on any atom is 0.342 e. The van der Waals surface area contributed by atoms with Gasteiger partial charge in [0.2, 0.25) is 5.91 Å². The monoisotopic (exact) mass is 295 g/mol. The van der Waals surface area contributed by atoms with Crippen LogP contribution in [0.3, 0.4) is 0 Å². The van der Waals surface area contributed by atoms with Crippen LogP contribution in [0, 0.1) is 0 Å². The van der Waals surface area contributed by atoms with Gasteiger partial charge in [-0.1, -0.05) is 11.8 Å². The molecule has 2 aromatic rings. The highest BCUT2D eigenvalue weighted by molar-refractivity contribution is 7.99. The number of rotatable bonds is 5. The van der Waals surface area contributed by atoms with Crippen LogP contribution in [0.4, 0.5) is 0 Å². The molecule has 0 radical (unpaired) electrons. The highest BCUT2D eigenvalue weighted by atomic mass is 32.2. The van der Waals surface area contributed by atoms with E-state index in [4.69, 9.17) is 4.42 Å². The lowest BCUT2D eigenvalue weighted by molar-refractivity contribution is -0.118. The number of H-pyrrole nitrogens is 2. The molecule has 0 atom stereocenters. The molecule has 0 saturated carbocycles. The van der Waals surface area contributed by atoms with E-state index in [0.717, 1.165) is 11.8 Å². The summed E-state index contributed by atoms with van der Waals surface area (Å²) in [6.07, 6.45) is 2.82. The van der Waals surface area contributed by atoms with Crippen LogP contribution in [0.15, 0.2) is 42.5 Å². The zero-order valence-electron chi connectivity index (χ0n) is 9.95. The highest BCUT2D eigenvalue weighted by Gasteiger charge is 2.06. The lowest BCUT2D eigenvalue weighted by atomic mass is 10.5. The number of thioether (sulfide) groups is 1. The van der Waals surface area contributed by atoms with Gasteiger partial charge in [0.1, 0.15) is 5.76 Å². The van der Waals surface area contributed by atoms with Gasteiger partial charge in [0, 0.05) is 0 Å². The fourth-order valence-electron chi connectivity index (χ4n) is 1.13. The Morgan fingerprint density at radius 2 is 2.40 bits per heavy atom. The summed E-state index contributed by atoms with van der Waals surface area (Å²) in [4.78, 5) is 35.5. The smallest absolute Gasteiger partial charge is 0.342 e. The molecule has 0 fully saturated rings. The standard InChI is InChI=1S/C10H9N5O4S/c16-7(13-11-4-6-2-1-3-19-6)5-20-9-8(17)12-10(18)15-14-9/h1-4H,5H2,(H,13,16)(H2,12,15,17,18). The maximum atomic E-state index is 11.4. The molecule has 0 unspecified atom stereocenters. The molecule has 2 rings (SSSR count). The summed E-state index contributed by atoms with van der Waals surface area (Å²) < 4.78 is 4.98. The molecule has 104 valence electrons. The summed E-state index contributed by atoms with van der Waals surface area (Å²) in [6.45, 7) is 0. The first-order valence-corrected chi connectivity index (χ1v) is 6.31.